The Morgan fingerprint density at radius 3 is 2.95 bits per heavy atom. The Balaban J connectivity index is 2.12. The number of amides is 1. The van der Waals surface area contributed by atoms with Crippen LogP contribution in [0.4, 0.5) is 0 Å². The van der Waals surface area contributed by atoms with E-state index in [9.17, 15) is 9.90 Å². The third-order valence-corrected chi connectivity index (χ3v) is 3.99. The Bertz CT molecular complexity index is 477. The van der Waals surface area contributed by atoms with E-state index in [-0.39, 0.29) is 22.7 Å². The van der Waals surface area contributed by atoms with E-state index in [4.69, 9.17) is 17.3 Å². The molecule has 0 aromatic heterocycles. The van der Waals surface area contributed by atoms with Crippen LogP contribution in [0.25, 0.3) is 0 Å². The Morgan fingerprint density at radius 1 is 1.58 bits per heavy atom. The zero-order chi connectivity index (χ0) is 14.0. The molecule has 0 saturated carbocycles. The van der Waals surface area contributed by atoms with Gasteiger partial charge in [-0.3, -0.25) is 4.79 Å². The van der Waals surface area contributed by atoms with E-state index in [1.807, 2.05) is 11.8 Å². The van der Waals surface area contributed by atoms with Gasteiger partial charge in [0, 0.05) is 24.7 Å². The number of likely N-dealkylation sites (tertiary alicyclic amines) is 1. The van der Waals surface area contributed by atoms with Crippen LogP contribution >= 0.6 is 11.6 Å². The van der Waals surface area contributed by atoms with Crippen LogP contribution in [0.3, 0.4) is 0 Å². The molecule has 3 N–H and O–H groups in total. The van der Waals surface area contributed by atoms with Crippen molar-refractivity contribution in [3.63, 3.8) is 0 Å². The molecule has 1 aliphatic rings. The Kier molecular flexibility index (Phi) is 4.32. The van der Waals surface area contributed by atoms with Crippen molar-refractivity contribution < 1.29 is 9.90 Å². The Hall–Kier alpha value is -1.26. The molecule has 0 aliphatic carbocycles. The predicted molar refractivity (Wildman–Crippen MR) is 75.4 cm³/mol. The summed E-state index contributed by atoms with van der Waals surface area (Å²) in [5, 5.41) is 9.58. The highest BCUT2D eigenvalue weighted by atomic mass is 35.5. The molecule has 4 nitrogen and oxygen atoms in total. The zero-order valence-corrected chi connectivity index (χ0v) is 11.7. The number of halogens is 1. The highest BCUT2D eigenvalue weighted by Gasteiger charge is 2.26. The molecule has 1 fully saturated rings. The SMILES string of the molecule is CC(N)C1CCCN(C(=O)c2ccc(O)c(Cl)c2)C1. The topological polar surface area (TPSA) is 66.6 Å². The van der Waals surface area contributed by atoms with Crippen molar-refractivity contribution in [1.29, 1.82) is 0 Å². The summed E-state index contributed by atoms with van der Waals surface area (Å²) in [7, 11) is 0. The maximum Gasteiger partial charge on any atom is 0.253 e. The predicted octanol–water partition coefficient (Wildman–Crippen LogP) is 2.25. The Morgan fingerprint density at radius 2 is 2.32 bits per heavy atom. The summed E-state index contributed by atoms with van der Waals surface area (Å²) >= 11 is 5.84. The zero-order valence-electron chi connectivity index (χ0n) is 11.0. The molecular formula is C14H19ClN2O2. The quantitative estimate of drug-likeness (QED) is 0.874. The van der Waals surface area contributed by atoms with E-state index < -0.39 is 0 Å². The molecule has 0 radical (unpaired) electrons. The van der Waals surface area contributed by atoms with Crippen LogP contribution in [0.15, 0.2) is 18.2 Å². The van der Waals surface area contributed by atoms with Crippen molar-refractivity contribution in [2.45, 2.75) is 25.8 Å². The first kappa shape index (κ1) is 14.2. The average molecular weight is 283 g/mol. The molecule has 2 unspecified atom stereocenters. The van der Waals surface area contributed by atoms with Crippen molar-refractivity contribution in [3.05, 3.63) is 28.8 Å². The first-order valence-corrected chi connectivity index (χ1v) is 6.90. The van der Waals surface area contributed by atoms with Gasteiger partial charge in [0.1, 0.15) is 5.75 Å². The lowest BCUT2D eigenvalue weighted by molar-refractivity contribution is 0.0661. The minimum Gasteiger partial charge on any atom is -0.506 e. The summed E-state index contributed by atoms with van der Waals surface area (Å²) in [6.07, 6.45) is 2.04. The van der Waals surface area contributed by atoms with Crippen LogP contribution in [0.5, 0.6) is 5.75 Å². The lowest BCUT2D eigenvalue weighted by Crippen LogP contribution is -2.45. The van der Waals surface area contributed by atoms with Crippen molar-refractivity contribution >= 4 is 17.5 Å². The van der Waals surface area contributed by atoms with Gasteiger partial charge >= 0.3 is 0 Å². The second-order valence-electron chi connectivity index (χ2n) is 5.18. The standard InChI is InChI=1S/C14H19ClN2O2/c1-9(16)11-3-2-6-17(8-11)14(19)10-4-5-13(18)12(15)7-10/h4-5,7,9,11,18H,2-3,6,8,16H2,1H3. The number of hydrogen-bond acceptors (Lipinski definition) is 3. The van der Waals surface area contributed by atoms with Crippen LogP contribution in [-0.4, -0.2) is 35.0 Å². The van der Waals surface area contributed by atoms with Crippen LogP contribution in [-0.2, 0) is 0 Å². The smallest absolute Gasteiger partial charge is 0.253 e. The normalized spacial score (nSPS) is 21.2. The van der Waals surface area contributed by atoms with Crippen LogP contribution < -0.4 is 5.73 Å². The number of aromatic hydroxyl groups is 1. The number of hydrogen-bond donors (Lipinski definition) is 2. The molecule has 1 aromatic rings. The lowest BCUT2D eigenvalue weighted by Gasteiger charge is -2.34. The first-order valence-electron chi connectivity index (χ1n) is 6.52. The summed E-state index contributed by atoms with van der Waals surface area (Å²) in [5.74, 6) is 0.294. The van der Waals surface area contributed by atoms with E-state index in [0.717, 1.165) is 19.4 Å². The fourth-order valence-corrected chi connectivity index (χ4v) is 2.63. The van der Waals surface area contributed by atoms with Crippen molar-refractivity contribution in [2.75, 3.05) is 13.1 Å². The number of phenols is 1. The van der Waals surface area contributed by atoms with Gasteiger partial charge in [-0.25, -0.2) is 0 Å². The fourth-order valence-electron chi connectivity index (χ4n) is 2.45. The number of piperidine rings is 1. The number of phenolic OH excluding ortho intramolecular Hbond substituents is 1. The third-order valence-electron chi connectivity index (χ3n) is 3.68. The highest BCUT2D eigenvalue weighted by Crippen LogP contribution is 2.26. The van der Waals surface area contributed by atoms with E-state index in [1.165, 1.54) is 12.1 Å². The average Bonchev–Trinajstić information content (AvgIpc) is 2.41. The van der Waals surface area contributed by atoms with Gasteiger partial charge in [0.15, 0.2) is 0 Å². The molecule has 1 heterocycles. The van der Waals surface area contributed by atoms with Gasteiger partial charge < -0.3 is 15.7 Å². The molecule has 0 bridgehead atoms. The molecule has 1 saturated heterocycles. The molecule has 1 amide bonds. The van der Waals surface area contributed by atoms with Crippen molar-refractivity contribution in [2.24, 2.45) is 11.7 Å². The van der Waals surface area contributed by atoms with Gasteiger partial charge in [-0.1, -0.05) is 11.6 Å². The molecule has 5 heteroatoms. The summed E-state index contributed by atoms with van der Waals surface area (Å²) in [4.78, 5) is 14.2. The molecule has 19 heavy (non-hydrogen) atoms. The Labute approximate surface area is 118 Å². The number of nitrogens with zero attached hydrogens (tertiary/aromatic N) is 1. The molecule has 1 aromatic carbocycles. The molecule has 2 rings (SSSR count). The van der Waals surface area contributed by atoms with Gasteiger partial charge in [0.05, 0.1) is 5.02 Å². The number of carbonyl (C=O) groups excluding carboxylic acids is 1. The molecule has 2 atom stereocenters. The van der Waals surface area contributed by atoms with Gasteiger partial charge in [-0.2, -0.15) is 0 Å². The van der Waals surface area contributed by atoms with Crippen LogP contribution in [0.2, 0.25) is 5.02 Å². The minimum atomic E-state index is -0.0488. The lowest BCUT2D eigenvalue weighted by atomic mass is 9.92. The summed E-state index contributed by atoms with van der Waals surface area (Å²) in [6, 6.07) is 4.65. The monoisotopic (exact) mass is 282 g/mol. The minimum absolute atomic E-state index is 0.00897. The molecular weight excluding hydrogens is 264 g/mol. The van der Waals surface area contributed by atoms with Crippen molar-refractivity contribution in [3.8, 4) is 5.75 Å². The molecule has 1 aliphatic heterocycles. The number of rotatable bonds is 2. The van der Waals surface area contributed by atoms with Gasteiger partial charge in [0.25, 0.3) is 5.91 Å². The number of nitrogens with two attached hydrogens (primary N) is 1. The maximum atomic E-state index is 12.4. The van der Waals surface area contributed by atoms with Crippen LogP contribution in [0.1, 0.15) is 30.1 Å². The van der Waals surface area contributed by atoms with Crippen LogP contribution in [0, 0.1) is 5.92 Å². The van der Waals surface area contributed by atoms with Gasteiger partial charge in [0.2, 0.25) is 0 Å². The maximum absolute atomic E-state index is 12.4. The largest absolute Gasteiger partial charge is 0.506 e. The van der Waals surface area contributed by atoms with E-state index in [0.29, 0.717) is 18.0 Å². The molecule has 104 valence electrons. The molecule has 0 spiro atoms. The highest BCUT2D eigenvalue weighted by molar-refractivity contribution is 6.32. The van der Waals surface area contributed by atoms with Gasteiger partial charge in [-0.15, -0.1) is 0 Å². The number of carbonyl (C=O) groups is 1. The van der Waals surface area contributed by atoms with E-state index in [2.05, 4.69) is 0 Å². The van der Waals surface area contributed by atoms with Crippen molar-refractivity contribution in [1.82, 2.24) is 4.90 Å². The summed E-state index contributed by atoms with van der Waals surface area (Å²) in [6.45, 7) is 3.42. The summed E-state index contributed by atoms with van der Waals surface area (Å²) < 4.78 is 0. The summed E-state index contributed by atoms with van der Waals surface area (Å²) in [5.41, 5.74) is 6.43. The van der Waals surface area contributed by atoms with E-state index >= 15 is 0 Å². The van der Waals surface area contributed by atoms with Gasteiger partial charge in [-0.05, 0) is 43.9 Å². The number of benzene rings is 1. The third kappa shape index (κ3) is 3.19. The second-order valence-corrected chi connectivity index (χ2v) is 5.59. The van der Waals surface area contributed by atoms with E-state index in [1.54, 1.807) is 6.07 Å². The first-order chi connectivity index (χ1) is 8.99. The second kappa shape index (κ2) is 5.80. The fraction of sp³-hybridized carbons (Fsp3) is 0.500.